The summed E-state index contributed by atoms with van der Waals surface area (Å²) in [6.45, 7) is 8.70. The van der Waals surface area contributed by atoms with Crippen LogP contribution in [0.2, 0.25) is 5.15 Å². The van der Waals surface area contributed by atoms with Crippen molar-refractivity contribution in [3.63, 3.8) is 0 Å². The Balaban J connectivity index is 2.93. The third-order valence-electron chi connectivity index (χ3n) is 3.16. The molecule has 1 atom stereocenters. The number of hydrogen-bond donors (Lipinski definition) is 1. The molecule has 21 heavy (non-hydrogen) atoms. The van der Waals surface area contributed by atoms with Crippen molar-refractivity contribution in [1.29, 1.82) is 0 Å². The molecule has 0 spiro atoms. The molecule has 1 unspecified atom stereocenters. The SMILES string of the molecule is CCCC(COC)NC(=O)c1cc(Cl)nc(C(C)(C)C)c1. The molecule has 1 aromatic rings. The molecular formula is C16H25ClN2O2. The number of carbonyl (C=O) groups excluding carboxylic acids is 1. The molecule has 5 heteroatoms. The van der Waals surface area contributed by atoms with Gasteiger partial charge in [0.1, 0.15) is 5.15 Å². The van der Waals surface area contributed by atoms with Crippen LogP contribution in [0, 0.1) is 0 Å². The molecule has 0 fully saturated rings. The summed E-state index contributed by atoms with van der Waals surface area (Å²) in [7, 11) is 1.63. The molecule has 1 heterocycles. The molecule has 1 N–H and O–H groups in total. The van der Waals surface area contributed by atoms with Gasteiger partial charge in [-0.05, 0) is 18.6 Å². The number of nitrogens with one attached hydrogen (secondary N) is 1. The van der Waals surface area contributed by atoms with Crippen LogP contribution >= 0.6 is 11.6 Å². The van der Waals surface area contributed by atoms with Crippen LogP contribution in [-0.4, -0.2) is 30.6 Å². The largest absolute Gasteiger partial charge is 0.383 e. The summed E-state index contributed by atoms with van der Waals surface area (Å²) in [5.41, 5.74) is 1.19. The fraction of sp³-hybridized carbons (Fsp3) is 0.625. The summed E-state index contributed by atoms with van der Waals surface area (Å²) in [6.07, 6.45) is 1.86. The molecular weight excluding hydrogens is 288 g/mol. The Morgan fingerprint density at radius 2 is 2.10 bits per heavy atom. The molecule has 1 aromatic heterocycles. The number of rotatable bonds is 6. The maximum atomic E-state index is 12.4. The standard InChI is InChI=1S/C16H25ClN2O2/c1-6-7-12(10-21-5)18-15(20)11-8-13(16(2,3)4)19-14(17)9-11/h8-9,12H,6-7,10H2,1-5H3,(H,18,20). The highest BCUT2D eigenvalue weighted by Gasteiger charge is 2.20. The van der Waals surface area contributed by atoms with Crippen molar-refractivity contribution in [2.45, 2.75) is 52.0 Å². The normalized spacial score (nSPS) is 13.0. The van der Waals surface area contributed by atoms with Crippen LogP contribution in [0.15, 0.2) is 12.1 Å². The Labute approximate surface area is 132 Å². The lowest BCUT2D eigenvalue weighted by molar-refractivity contribution is 0.0891. The molecule has 0 radical (unpaired) electrons. The van der Waals surface area contributed by atoms with E-state index in [9.17, 15) is 4.79 Å². The predicted molar refractivity (Wildman–Crippen MR) is 86.0 cm³/mol. The second-order valence-corrected chi connectivity index (χ2v) is 6.62. The van der Waals surface area contributed by atoms with Gasteiger partial charge in [0.15, 0.2) is 0 Å². The highest BCUT2D eigenvalue weighted by molar-refractivity contribution is 6.29. The van der Waals surface area contributed by atoms with Gasteiger partial charge in [0.2, 0.25) is 0 Å². The van der Waals surface area contributed by atoms with E-state index in [4.69, 9.17) is 16.3 Å². The lowest BCUT2D eigenvalue weighted by Crippen LogP contribution is -2.38. The average Bonchev–Trinajstić information content (AvgIpc) is 2.37. The summed E-state index contributed by atoms with van der Waals surface area (Å²) >= 11 is 6.04. The Morgan fingerprint density at radius 1 is 1.43 bits per heavy atom. The number of hydrogen-bond acceptors (Lipinski definition) is 3. The van der Waals surface area contributed by atoms with Gasteiger partial charge in [-0.2, -0.15) is 0 Å². The van der Waals surface area contributed by atoms with Gasteiger partial charge in [-0.3, -0.25) is 4.79 Å². The zero-order chi connectivity index (χ0) is 16.0. The zero-order valence-electron chi connectivity index (χ0n) is 13.5. The summed E-state index contributed by atoms with van der Waals surface area (Å²) in [4.78, 5) is 16.7. The minimum absolute atomic E-state index is 0.0116. The maximum Gasteiger partial charge on any atom is 0.251 e. The average molecular weight is 313 g/mol. The third-order valence-corrected chi connectivity index (χ3v) is 3.36. The summed E-state index contributed by atoms with van der Waals surface area (Å²) in [5.74, 6) is -0.139. The summed E-state index contributed by atoms with van der Waals surface area (Å²) in [6, 6.07) is 3.41. The van der Waals surface area contributed by atoms with E-state index in [0.29, 0.717) is 17.3 Å². The molecule has 0 bridgehead atoms. The highest BCUT2D eigenvalue weighted by Crippen LogP contribution is 2.23. The number of ether oxygens (including phenoxy) is 1. The summed E-state index contributed by atoms with van der Waals surface area (Å²) < 4.78 is 5.14. The van der Waals surface area contributed by atoms with Crippen LogP contribution < -0.4 is 5.32 Å². The van der Waals surface area contributed by atoms with Crippen molar-refractivity contribution in [3.8, 4) is 0 Å². The van der Waals surface area contributed by atoms with E-state index in [1.807, 2.05) is 20.8 Å². The first-order chi connectivity index (χ1) is 9.77. The van der Waals surface area contributed by atoms with E-state index < -0.39 is 0 Å². The molecule has 118 valence electrons. The van der Waals surface area contributed by atoms with Gasteiger partial charge in [-0.1, -0.05) is 45.7 Å². The van der Waals surface area contributed by atoms with Gasteiger partial charge in [-0.25, -0.2) is 4.98 Å². The Hall–Kier alpha value is -1.13. The van der Waals surface area contributed by atoms with Gasteiger partial charge in [0, 0.05) is 23.8 Å². The third kappa shape index (κ3) is 5.64. The number of halogens is 1. The second-order valence-electron chi connectivity index (χ2n) is 6.23. The Bertz CT molecular complexity index is 478. The summed E-state index contributed by atoms with van der Waals surface area (Å²) in [5, 5.41) is 3.33. The first-order valence-corrected chi connectivity index (χ1v) is 7.63. The van der Waals surface area contributed by atoms with Crippen LogP contribution in [0.1, 0.15) is 56.6 Å². The number of aromatic nitrogens is 1. The van der Waals surface area contributed by atoms with Crippen molar-refractivity contribution in [2.24, 2.45) is 0 Å². The van der Waals surface area contributed by atoms with Crippen molar-refractivity contribution >= 4 is 17.5 Å². The molecule has 0 saturated carbocycles. The topological polar surface area (TPSA) is 51.2 Å². The van der Waals surface area contributed by atoms with E-state index in [-0.39, 0.29) is 17.4 Å². The van der Waals surface area contributed by atoms with Crippen LogP contribution in [0.4, 0.5) is 0 Å². The Morgan fingerprint density at radius 3 is 2.62 bits per heavy atom. The number of pyridine rings is 1. The van der Waals surface area contributed by atoms with E-state index >= 15 is 0 Å². The van der Waals surface area contributed by atoms with E-state index in [1.165, 1.54) is 0 Å². The molecule has 0 aromatic carbocycles. The second kappa shape index (κ2) is 7.76. The van der Waals surface area contributed by atoms with Gasteiger partial charge in [-0.15, -0.1) is 0 Å². The van der Waals surface area contributed by atoms with Crippen LogP contribution in [0.3, 0.4) is 0 Å². The number of methoxy groups -OCH3 is 1. The van der Waals surface area contributed by atoms with Crippen molar-refractivity contribution in [3.05, 3.63) is 28.5 Å². The number of nitrogens with zero attached hydrogens (tertiary/aromatic N) is 1. The van der Waals surface area contributed by atoms with Crippen LogP contribution in [-0.2, 0) is 10.2 Å². The molecule has 0 aliphatic heterocycles. The minimum Gasteiger partial charge on any atom is -0.383 e. The first kappa shape index (κ1) is 17.9. The molecule has 4 nitrogen and oxygen atoms in total. The van der Waals surface area contributed by atoms with Crippen molar-refractivity contribution in [2.75, 3.05) is 13.7 Å². The van der Waals surface area contributed by atoms with Crippen molar-refractivity contribution in [1.82, 2.24) is 10.3 Å². The minimum atomic E-state index is -0.157. The number of amides is 1. The van der Waals surface area contributed by atoms with E-state index in [0.717, 1.165) is 18.5 Å². The quantitative estimate of drug-likeness (QED) is 0.817. The molecule has 1 rings (SSSR count). The van der Waals surface area contributed by atoms with Crippen molar-refractivity contribution < 1.29 is 9.53 Å². The molecule has 0 saturated heterocycles. The monoisotopic (exact) mass is 312 g/mol. The number of carbonyl (C=O) groups is 1. The maximum absolute atomic E-state index is 12.4. The molecule has 0 aliphatic carbocycles. The fourth-order valence-electron chi connectivity index (χ4n) is 2.03. The van der Waals surface area contributed by atoms with Gasteiger partial charge < -0.3 is 10.1 Å². The fourth-order valence-corrected chi connectivity index (χ4v) is 2.24. The van der Waals surface area contributed by atoms with Crippen LogP contribution in [0.25, 0.3) is 0 Å². The molecule has 1 amide bonds. The van der Waals surface area contributed by atoms with Crippen LogP contribution in [0.5, 0.6) is 0 Å². The lowest BCUT2D eigenvalue weighted by Gasteiger charge is -2.20. The zero-order valence-corrected chi connectivity index (χ0v) is 14.3. The lowest BCUT2D eigenvalue weighted by atomic mass is 9.91. The first-order valence-electron chi connectivity index (χ1n) is 7.25. The van der Waals surface area contributed by atoms with Gasteiger partial charge in [0.05, 0.1) is 12.6 Å². The molecule has 0 aliphatic rings. The van der Waals surface area contributed by atoms with Gasteiger partial charge >= 0.3 is 0 Å². The van der Waals surface area contributed by atoms with Gasteiger partial charge in [0.25, 0.3) is 5.91 Å². The van der Waals surface area contributed by atoms with E-state index in [2.05, 4.69) is 17.2 Å². The highest BCUT2D eigenvalue weighted by atomic mass is 35.5. The smallest absolute Gasteiger partial charge is 0.251 e. The Kier molecular flexibility index (Phi) is 6.62. The van der Waals surface area contributed by atoms with E-state index in [1.54, 1.807) is 19.2 Å². The predicted octanol–water partition coefficient (Wildman–Crippen LogP) is 3.58.